The SMILES string of the molecule is COc1ccc(Cl)cc1C(=O)Nc1ccc(C(C)=O)cc1. The number of methoxy groups -OCH3 is 1. The third-order valence-corrected chi connectivity index (χ3v) is 3.19. The summed E-state index contributed by atoms with van der Waals surface area (Å²) in [5.74, 6) is 0.0894. The van der Waals surface area contributed by atoms with Crippen LogP contribution in [0.25, 0.3) is 0 Å². The normalized spacial score (nSPS) is 10.0. The number of halogens is 1. The molecule has 21 heavy (non-hydrogen) atoms. The highest BCUT2D eigenvalue weighted by Crippen LogP contribution is 2.23. The van der Waals surface area contributed by atoms with Gasteiger partial charge in [0.15, 0.2) is 5.78 Å². The summed E-state index contributed by atoms with van der Waals surface area (Å²) in [6, 6.07) is 11.5. The molecule has 0 aliphatic carbocycles. The van der Waals surface area contributed by atoms with Crippen LogP contribution in [-0.2, 0) is 0 Å². The standard InChI is InChI=1S/C16H14ClNO3/c1-10(19)11-3-6-13(7-4-11)18-16(20)14-9-12(17)5-8-15(14)21-2/h3-9H,1-2H3,(H,18,20). The van der Waals surface area contributed by atoms with Crippen LogP contribution in [0.1, 0.15) is 27.6 Å². The van der Waals surface area contributed by atoms with Crippen molar-refractivity contribution >= 4 is 29.0 Å². The molecule has 0 aliphatic heterocycles. The number of ether oxygens (including phenoxy) is 1. The molecule has 0 heterocycles. The summed E-state index contributed by atoms with van der Waals surface area (Å²) in [6.45, 7) is 1.49. The first-order chi connectivity index (χ1) is 10.0. The van der Waals surface area contributed by atoms with Gasteiger partial charge >= 0.3 is 0 Å². The topological polar surface area (TPSA) is 55.4 Å². The minimum Gasteiger partial charge on any atom is -0.496 e. The first-order valence-electron chi connectivity index (χ1n) is 6.27. The number of rotatable bonds is 4. The highest BCUT2D eigenvalue weighted by molar-refractivity contribution is 6.31. The number of carbonyl (C=O) groups excluding carboxylic acids is 2. The second-order valence-corrected chi connectivity index (χ2v) is 4.87. The molecule has 0 unspecified atom stereocenters. The highest BCUT2D eigenvalue weighted by Gasteiger charge is 2.13. The highest BCUT2D eigenvalue weighted by atomic mass is 35.5. The van der Waals surface area contributed by atoms with Crippen LogP contribution in [0.2, 0.25) is 5.02 Å². The number of hydrogen-bond donors (Lipinski definition) is 1. The molecule has 2 aromatic carbocycles. The van der Waals surface area contributed by atoms with Crippen LogP contribution in [0.15, 0.2) is 42.5 Å². The van der Waals surface area contributed by atoms with E-state index in [0.717, 1.165) is 0 Å². The van der Waals surface area contributed by atoms with E-state index in [0.29, 0.717) is 27.6 Å². The van der Waals surface area contributed by atoms with Crippen LogP contribution < -0.4 is 10.1 Å². The molecule has 108 valence electrons. The van der Waals surface area contributed by atoms with Gasteiger partial charge in [-0.05, 0) is 49.4 Å². The van der Waals surface area contributed by atoms with Gasteiger partial charge in [0, 0.05) is 16.3 Å². The van der Waals surface area contributed by atoms with Crippen molar-refractivity contribution < 1.29 is 14.3 Å². The third kappa shape index (κ3) is 3.61. The maximum atomic E-state index is 12.2. The van der Waals surface area contributed by atoms with Gasteiger partial charge in [0.05, 0.1) is 12.7 Å². The Hall–Kier alpha value is -2.33. The van der Waals surface area contributed by atoms with E-state index in [1.165, 1.54) is 14.0 Å². The molecule has 5 heteroatoms. The Bertz CT molecular complexity index is 680. The Balaban J connectivity index is 2.21. The molecule has 0 radical (unpaired) electrons. The van der Waals surface area contributed by atoms with Gasteiger partial charge in [-0.2, -0.15) is 0 Å². The molecule has 0 fully saturated rings. The van der Waals surface area contributed by atoms with Gasteiger partial charge in [-0.3, -0.25) is 9.59 Å². The summed E-state index contributed by atoms with van der Waals surface area (Å²) in [5, 5.41) is 3.19. The van der Waals surface area contributed by atoms with Gasteiger partial charge in [0.2, 0.25) is 0 Å². The van der Waals surface area contributed by atoms with Crippen LogP contribution >= 0.6 is 11.6 Å². The molecule has 2 rings (SSSR count). The Morgan fingerprint density at radius 3 is 2.33 bits per heavy atom. The van der Waals surface area contributed by atoms with Gasteiger partial charge in [0.1, 0.15) is 5.75 Å². The van der Waals surface area contributed by atoms with Gasteiger partial charge < -0.3 is 10.1 Å². The second kappa shape index (κ2) is 6.41. The maximum Gasteiger partial charge on any atom is 0.259 e. The van der Waals surface area contributed by atoms with Crippen molar-refractivity contribution in [1.29, 1.82) is 0 Å². The van der Waals surface area contributed by atoms with Crippen molar-refractivity contribution in [1.82, 2.24) is 0 Å². The molecule has 0 aromatic heterocycles. The molecule has 4 nitrogen and oxygen atoms in total. The Morgan fingerprint density at radius 1 is 1.10 bits per heavy atom. The van der Waals surface area contributed by atoms with Crippen LogP contribution in [-0.4, -0.2) is 18.8 Å². The fourth-order valence-electron chi connectivity index (χ4n) is 1.84. The molecule has 1 amide bonds. The maximum absolute atomic E-state index is 12.2. The minimum atomic E-state index is -0.329. The summed E-state index contributed by atoms with van der Waals surface area (Å²) in [6.07, 6.45) is 0. The van der Waals surface area contributed by atoms with E-state index < -0.39 is 0 Å². The zero-order valence-corrected chi connectivity index (χ0v) is 12.4. The number of benzene rings is 2. The van der Waals surface area contributed by atoms with E-state index >= 15 is 0 Å². The lowest BCUT2D eigenvalue weighted by atomic mass is 10.1. The predicted octanol–water partition coefficient (Wildman–Crippen LogP) is 3.80. The van der Waals surface area contributed by atoms with E-state index in [4.69, 9.17) is 16.3 Å². The van der Waals surface area contributed by atoms with Gasteiger partial charge in [-0.25, -0.2) is 0 Å². The van der Waals surface area contributed by atoms with Crippen molar-refractivity contribution in [2.24, 2.45) is 0 Å². The number of hydrogen-bond acceptors (Lipinski definition) is 3. The second-order valence-electron chi connectivity index (χ2n) is 4.43. The molecule has 1 N–H and O–H groups in total. The number of Topliss-reactive ketones (excluding diaryl/α,β-unsaturated/α-hetero) is 1. The minimum absolute atomic E-state index is 0.0237. The molecular formula is C16H14ClNO3. The van der Waals surface area contributed by atoms with Crippen LogP contribution in [0, 0.1) is 0 Å². The lowest BCUT2D eigenvalue weighted by molar-refractivity contribution is 0.101. The molecule has 0 atom stereocenters. The van der Waals surface area contributed by atoms with E-state index in [1.807, 2.05) is 0 Å². The first kappa shape index (κ1) is 15.1. The van der Waals surface area contributed by atoms with Crippen molar-refractivity contribution in [3.8, 4) is 5.75 Å². The van der Waals surface area contributed by atoms with Gasteiger partial charge in [-0.15, -0.1) is 0 Å². The smallest absolute Gasteiger partial charge is 0.259 e. The van der Waals surface area contributed by atoms with Crippen LogP contribution in [0.3, 0.4) is 0 Å². The lowest BCUT2D eigenvalue weighted by Gasteiger charge is -2.10. The fourth-order valence-corrected chi connectivity index (χ4v) is 2.02. The zero-order chi connectivity index (χ0) is 15.4. The van der Waals surface area contributed by atoms with Crippen LogP contribution in [0.4, 0.5) is 5.69 Å². The number of ketones is 1. The molecule has 0 aliphatic rings. The zero-order valence-electron chi connectivity index (χ0n) is 11.6. The predicted molar refractivity (Wildman–Crippen MR) is 82.4 cm³/mol. The largest absolute Gasteiger partial charge is 0.496 e. The van der Waals surface area contributed by atoms with Crippen molar-refractivity contribution in [2.75, 3.05) is 12.4 Å². The average Bonchev–Trinajstić information content (AvgIpc) is 2.47. The van der Waals surface area contributed by atoms with Gasteiger partial charge in [0.25, 0.3) is 5.91 Å². The summed E-state index contributed by atoms with van der Waals surface area (Å²) in [5.41, 5.74) is 1.53. The Kier molecular flexibility index (Phi) is 4.60. The van der Waals surface area contributed by atoms with Crippen LogP contribution in [0.5, 0.6) is 5.75 Å². The number of carbonyl (C=O) groups is 2. The number of amides is 1. The fraction of sp³-hybridized carbons (Fsp3) is 0.125. The molecular weight excluding hydrogens is 290 g/mol. The van der Waals surface area contributed by atoms with Gasteiger partial charge in [-0.1, -0.05) is 11.6 Å². The number of anilines is 1. The van der Waals surface area contributed by atoms with E-state index in [9.17, 15) is 9.59 Å². The molecule has 0 spiro atoms. The quantitative estimate of drug-likeness (QED) is 0.874. The number of nitrogens with one attached hydrogen (secondary N) is 1. The van der Waals surface area contributed by atoms with Crippen molar-refractivity contribution in [3.63, 3.8) is 0 Å². The van der Waals surface area contributed by atoms with E-state index in [2.05, 4.69) is 5.32 Å². The van der Waals surface area contributed by atoms with Crippen molar-refractivity contribution in [2.45, 2.75) is 6.92 Å². The summed E-state index contributed by atoms with van der Waals surface area (Å²) in [7, 11) is 1.49. The first-order valence-corrected chi connectivity index (χ1v) is 6.65. The van der Waals surface area contributed by atoms with E-state index in [-0.39, 0.29) is 11.7 Å². The lowest BCUT2D eigenvalue weighted by Crippen LogP contribution is -2.13. The summed E-state index contributed by atoms with van der Waals surface area (Å²) < 4.78 is 5.15. The molecule has 0 saturated heterocycles. The summed E-state index contributed by atoms with van der Waals surface area (Å²) in [4.78, 5) is 23.5. The molecule has 0 saturated carbocycles. The van der Waals surface area contributed by atoms with E-state index in [1.54, 1.807) is 42.5 Å². The molecule has 0 bridgehead atoms. The Morgan fingerprint density at radius 2 is 1.76 bits per heavy atom. The van der Waals surface area contributed by atoms with Crippen molar-refractivity contribution in [3.05, 3.63) is 58.6 Å². The third-order valence-electron chi connectivity index (χ3n) is 2.96. The Labute approximate surface area is 127 Å². The average molecular weight is 304 g/mol. The molecule has 2 aromatic rings. The summed E-state index contributed by atoms with van der Waals surface area (Å²) >= 11 is 5.90. The monoisotopic (exact) mass is 303 g/mol.